The Balaban J connectivity index is 1.91. The largest absolute Gasteiger partial charge is 0.386 e. The molecule has 0 saturated carbocycles. The standard InChI is InChI=1S/C19H21FN2O2/c1-13(2)17-6-4-5-14(3)19(17)22-18(23)12-24-21-11-15-7-9-16(20)10-8-15/h4-11,13H,12H2,1-3H3,(H,22,23)/b21-11+. The van der Waals surface area contributed by atoms with Crippen molar-refractivity contribution < 1.29 is 14.0 Å². The lowest BCUT2D eigenvalue weighted by Crippen LogP contribution is -2.19. The van der Waals surface area contributed by atoms with Crippen molar-refractivity contribution in [3.8, 4) is 0 Å². The molecular weight excluding hydrogens is 307 g/mol. The molecule has 0 fully saturated rings. The molecule has 1 amide bonds. The molecule has 0 atom stereocenters. The van der Waals surface area contributed by atoms with Crippen molar-refractivity contribution in [1.82, 2.24) is 0 Å². The topological polar surface area (TPSA) is 50.7 Å². The molecule has 0 saturated heterocycles. The van der Waals surface area contributed by atoms with Gasteiger partial charge in [0.25, 0.3) is 5.91 Å². The molecule has 0 bridgehead atoms. The summed E-state index contributed by atoms with van der Waals surface area (Å²) in [5.41, 5.74) is 3.60. The Morgan fingerprint density at radius 1 is 1.25 bits per heavy atom. The van der Waals surface area contributed by atoms with E-state index in [0.717, 1.165) is 16.8 Å². The first-order chi connectivity index (χ1) is 11.5. The van der Waals surface area contributed by atoms with Crippen molar-refractivity contribution in [3.63, 3.8) is 0 Å². The van der Waals surface area contributed by atoms with Crippen LogP contribution in [0.1, 0.15) is 36.5 Å². The molecule has 0 aliphatic rings. The van der Waals surface area contributed by atoms with Gasteiger partial charge in [0, 0.05) is 5.69 Å². The molecule has 0 aliphatic heterocycles. The van der Waals surface area contributed by atoms with E-state index in [-0.39, 0.29) is 18.3 Å². The van der Waals surface area contributed by atoms with Gasteiger partial charge in [-0.2, -0.15) is 0 Å². The highest BCUT2D eigenvalue weighted by Crippen LogP contribution is 2.27. The zero-order valence-corrected chi connectivity index (χ0v) is 14.0. The van der Waals surface area contributed by atoms with Crippen LogP contribution in [0.4, 0.5) is 10.1 Å². The highest BCUT2D eigenvalue weighted by molar-refractivity contribution is 5.93. The Kier molecular flexibility index (Phi) is 6.07. The first kappa shape index (κ1) is 17.7. The van der Waals surface area contributed by atoms with Crippen LogP contribution in [0.15, 0.2) is 47.6 Å². The average molecular weight is 328 g/mol. The Morgan fingerprint density at radius 3 is 2.62 bits per heavy atom. The molecule has 126 valence electrons. The summed E-state index contributed by atoms with van der Waals surface area (Å²) in [5, 5.41) is 6.60. The number of benzene rings is 2. The number of hydrogen-bond acceptors (Lipinski definition) is 3. The van der Waals surface area contributed by atoms with Crippen LogP contribution < -0.4 is 5.32 Å². The van der Waals surface area contributed by atoms with E-state index in [2.05, 4.69) is 24.3 Å². The third-order valence-electron chi connectivity index (χ3n) is 3.53. The number of hydrogen-bond donors (Lipinski definition) is 1. The van der Waals surface area contributed by atoms with E-state index in [1.54, 1.807) is 12.1 Å². The fourth-order valence-corrected chi connectivity index (χ4v) is 2.26. The second-order valence-corrected chi connectivity index (χ2v) is 5.80. The predicted octanol–water partition coefficient (Wildman–Crippen LogP) is 4.25. The SMILES string of the molecule is Cc1cccc(C(C)C)c1NC(=O)CO/N=C/c1ccc(F)cc1. The smallest absolute Gasteiger partial charge is 0.265 e. The summed E-state index contributed by atoms with van der Waals surface area (Å²) in [4.78, 5) is 17.0. The number of para-hydroxylation sites is 1. The Labute approximate surface area is 141 Å². The molecule has 2 aromatic carbocycles. The van der Waals surface area contributed by atoms with Crippen molar-refractivity contribution >= 4 is 17.8 Å². The van der Waals surface area contributed by atoms with Gasteiger partial charge in [-0.05, 0) is 41.7 Å². The molecule has 4 nitrogen and oxygen atoms in total. The van der Waals surface area contributed by atoms with E-state index in [0.29, 0.717) is 11.5 Å². The minimum Gasteiger partial charge on any atom is -0.386 e. The van der Waals surface area contributed by atoms with Gasteiger partial charge in [0.1, 0.15) is 5.82 Å². The minimum atomic E-state index is -0.313. The highest BCUT2D eigenvalue weighted by Gasteiger charge is 2.12. The Hall–Kier alpha value is -2.69. The van der Waals surface area contributed by atoms with Gasteiger partial charge < -0.3 is 10.2 Å². The minimum absolute atomic E-state index is 0.191. The maximum atomic E-state index is 12.8. The number of rotatable bonds is 6. The number of nitrogens with zero attached hydrogens (tertiary/aromatic N) is 1. The molecule has 2 aromatic rings. The first-order valence-corrected chi connectivity index (χ1v) is 7.77. The van der Waals surface area contributed by atoms with Crippen LogP contribution >= 0.6 is 0 Å². The third kappa shape index (κ3) is 4.91. The van der Waals surface area contributed by atoms with Gasteiger partial charge in [-0.15, -0.1) is 0 Å². The molecule has 5 heteroatoms. The lowest BCUT2D eigenvalue weighted by molar-refractivity contribution is -0.120. The van der Waals surface area contributed by atoms with Gasteiger partial charge in [-0.3, -0.25) is 4.79 Å². The Bertz CT molecular complexity index is 725. The van der Waals surface area contributed by atoms with Gasteiger partial charge in [0.15, 0.2) is 6.61 Å². The fraction of sp³-hybridized carbons (Fsp3) is 0.263. The second kappa shape index (κ2) is 8.24. The normalized spacial score (nSPS) is 11.0. The zero-order valence-electron chi connectivity index (χ0n) is 14.0. The van der Waals surface area contributed by atoms with Crippen LogP contribution in [-0.2, 0) is 9.63 Å². The van der Waals surface area contributed by atoms with E-state index in [1.165, 1.54) is 18.3 Å². The fourth-order valence-electron chi connectivity index (χ4n) is 2.26. The van der Waals surface area contributed by atoms with Gasteiger partial charge in [-0.25, -0.2) is 4.39 Å². The maximum absolute atomic E-state index is 12.8. The number of halogens is 1. The third-order valence-corrected chi connectivity index (χ3v) is 3.53. The van der Waals surface area contributed by atoms with E-state index < -0.39 is 0 Å². The van der Waals surface area contributed by atoms with Crippen molar-refractivity contribution in [2.24, 2.45) is 5.16 Å². The molecule has 0 radical (unpaired) electrons. The number of carbonyl (C=O) groups excluding carboxylic acids is 1. The number of nitrogens with one attached hydrogen (secondary N) is 1. The van der Waals surface area contributed by atoms with Crippen LogP contribution in [-0.4, -0.2) is 18.7 Å². The van der Waals surface area contributed by atoms with Gasteiger partial charge >= 0.3 is 0 Å². The van der Waals surface area contributed by atoms with E-state index in [9.17, 15) is 9.18 Å². The molecule has 0 unspecified atom stereocenters. The quantitative estimate of drug-likeness (QED) is 0.637. The maximum Gasteiger partial charge on any atom is 0.265 e. The molecule has 0 spiro atoms. The van der Waals surface area contributed by atoms with Gasteiger partial charge in [0.2, 0.25) is 0 Å². The molecule has 0 heterocycles. The molecule has 2 rings (SSSR count). The molecule has 1 N–H and O–H groups in total. The van der Waals surface area contributed by atoms with Gasteiger partial charge in [-0.1, -0.05) is 49.3 Å². The number of aryl methyl sites for hydroxylation is 1. The average Bonchev–Trinajstić information content (AvgIpc) is 2.55. The number of anilines is 1. The summed E-state index contributed by atoms with van der Waals surface area (Å²) in [6, 6.07) is 11.7. The van der Waals surface area contributed by atoms with Crippen LogP contribution in [0.5, 0.6) is 0 Å². The van der Waals surface area contributed by atoms with E-state index in [1.807, 2.05) is 25.1 Å². The molecule has 0 aromatic heterocycles. The van der Waals surface area contributed by atoms with Gasteiger partial charge in [0.05, 0.1) is 6.21 Å². The van der Waals surface area contributed by atoms with Crippen LogP contribution in [0.3, 0.4) is 0 Å². The van der Waals surface area contributed by atoms with E-state index >= 15 is 0 Å². The van der Waals surface area contributed by atoms with Crippen LogP contribution in [0.2, 0.25) is 0 Å². The summed E-state index contributed by atoms with van der Waals surface area (Å²) in [6.45, 7) is 5.92. The summed E-state index contributed by atoms with van der Waals surface area (Å²) in [5.74, 6) is -0.285. The van der Waals surface area contributed by atoms with Crippen molar-refractivity contribution in [1.29, 1.82) is 0 Å². The van der Waals surface area contributed by atoms with Crippen LogP contribution in [0.25, 0.3) is 0 Å². The molecule has 24 heavy (non-hydrogen) atoms. The number of amides is 1. The first-order valence-electron chi connectivity index (χ1n) is 7.77. The second-order valence-electron chi connectivity index (χ2n) is 5.80. The van der Waals surface area contributed by atoms with Crippen molar-refractivity contribution in [3.05, 3.63) is 65.0 Å². The molecule has 0 aliphatic carbocycles. The lowest BCUT2D eigenvalue weighted by Gasteiger charge is -2.16. The summed E-state index contributed by atoms with van der Waals surface area (Å²) in [6.07, 6.45) is 1.43. The predicted molar refractivity (Wildman–Crippen MR) is 93.8 cm³/mol. The number of oxime groups is 1. The van der Waals surface area contributed by atoms with Crippen molar-refractivity contribution in [2.45, 2.75) is 26.7 Å². The summed E-state index contributed by atoms with van der Waals surface area (Å²) in [7, 11) is 0. The highest BCUT2D eigenvalue weighted by atomic mass is 19.1. The summed E-state index contributed by atoms with van der Waals surface area (Å²) < 4.78 is 12.8. The molecular formula is C19H21FN2O2. The van der Waals surface area contributed by atoms with E-state index in [4.69, 9.17) is 4.84 Å². The zero-order chi connectivity index (χ0) is 17.5. The summed E-state index contributed by atoms with van der Waals surface area (Å²) >= 11 is 0. The lowest BCUT2D eigenvalue weighted by atomic mass is 9.98. The number of carbonyl (C=O) groups is 1. The Morgan fingerprint density at radius 2 is 1.96 bits per heavy atom. The van der Waals surface area contributed by atoms with Crippen LogP contribution in [0, 0.1) is 12.7 Å². The van der Waals surface area contributed by atoms with Crippen molar-refractivity contribution in [2.75, 3.05) is 11.9 Å². The monoisotopic (exact) mass is 328 g/mol.